The van der Waals surface area contributed by atoms with Crippen LogP contribution in [0.2, 0.25) is 0 Å². The number of hydrogen-bond acceptors (Lipinski definition) is 3. The van der Waals surface area contributed by atoms with Crippen LogP contribution in [0.15, 0.2) is 12.1 Å². The van der Waals surface area contributed by atoms with E-state index in [1.54, 1.807) is 7.11 Å². The molecule has 74 valence electrons. The molecule has 0 saturated heterocycles. The molecule has 0 saturated carbocycles. The van der Waals surface area contributed by atoms with Crippen LogP contribution in [0.3, 0.4) is 0 Å². The van der Waals surface area contributed by atoms with Gasteiger partial charge in [0, 0.05) is 5.69 Å². The molecular weight excluding hydrogens is 178 g/mol. The molecule has 0 aliphatic heterocycles. The summed E-state index contributed by atoms with van der Waals surface area (Å²) < 4.78 is 6.88. The molecule has 0 amide bonds. The largest absolute Gasteiger partial charge is 0.478 e. The Morgan fingerprint density at radius 3 is 2.71 bits per heavy atom. The number of nitrogens with zero attached hydrogens (tertiary/aromatic N) is 2. The molecule has 2 heterocycles. The van der Waals surface area contributed by atoms with E-state index >= 15 is 0 Å². The van der Waals surface area contributed by atoms with Crippen molar-refractivity contribution in [3.8, 4) is 5.88 Å². The van der Waals surface area contributed by atoms with Crippen LogP contribution in [0.25, 0.3) is 5.52 Å². The highest BCUT2D eigenvalue weighted by Gasteiger charge is 2.11. The van der Waals surface area contributed by atoms with Gasteiger partial charge in [0.15, 0.2) is 0 Å². The van der Waals surface area contributed by atoms with Crippen molar-refractivity contribution in [1.29, 1.82) is 0 Å². The van der Waals surface area contributed by atoms with Gasteiger partial charge >= 0.3 is 0 Å². The number of nitrogens with two attached hydrogens (primary N) is 1. The third kappa shape index (κ3) is 1.04. The van der Waals surface area contributed by atoms with Gasteiger partial charge in [-0.25, -0.2) is 4.52 Å². The van der Waals surface area contributed by atoms with Gasteiger partial charge in [-0.15, -0.1) is 5.10 Å². The van der Waals surface area contributed by atoms with Gasteiger partial charge in [0.1, 0.15) is 5.69 Å². The summed E-state index contributed by atoms with van der Waals surface area (Å²) in [4.78, 5) is 0. The number of pyridine rings is 1. The molecule has 4 nitrogen and oxygen atoms in total. The second-order valence-corrected chi connectivity index (χ2v) is 3.32. The van der Waals surface area contributed by atoms with Gasteiger partial charge in [-0.05, 0) is 25.5 Å². The molecule has 0 fully saturated rings. The molecule has 2 N–H and O–H groups in total. The maximum absolute atomic E-state index is 5.86. The number of aryl methyl sites for hydroxylation is 2. The maximum Gasteiger partial charge on any atom is 0.257 e. The van der Waals surface area contributed by atoms with E-state index in [0.29, 0.717) is 11.6 Å². The van der Waals surface area contributed by atoms with E-state index in [2.05, 4.69) is 5.10 Å². The second-order valence-electron chi connectivity index (χ2n) is 3.32. The summed E-state index contributed by atoms with van der Waals surface area (Å²) in [6.45, 7) is 4.05. The third-order valence-electron chi connectivity index (χ3n) is 2.50. The van der Waals surface area contributed by atoms with Crippen molar-refractivity contribution in [2.75, 3.05) is 12.8 Å². The van der Waals surface area contributed by atoms with Crippen LogP contribution in [0.4, 0.5) is 5.69 Å². The smallest absolute Gasteiger partial charge is 0.257 e. The lowest BCUT2D eigenvalue weighted by molar-refractivity contribution is 0.396. The Kier molecular flexibility index (Phi) is 1.84. The lowest BCUT2D eigenvalue weighted by Crippen LogP contribution is -1.96. The van der Waals surface area contributed by atoms with Gasteiger partial charge in [-0.3, -0.25) is 0 Å². The monoisotopic (exact) mass is 191 g/mol. The van der Waals surface area contributed by atoms with Crippen molar-refractivity contribution in [3.05, 3.63) is 23.4 Å². The van der Waals surface area contributed by atoms with Crippen LogP contribution < -0.4 is 10.5 Å². The summed E-state index contributed by atoms with van der Waals surface area (Å²) in [6.07, 6.45) is 0. The Bertz CT molecular complexity index is 488. The van der Waals surface area contributed by atoms with E-state index in [1.165, 1.54) is 5.56 Å². The van der Waals surface area contributed by atoms with E-state index in [1.807, 2.05) is 30.5 Å². The van der Waals surface area contributed by atoms with Crippen LogP contribution in [0.5, 0.6) is 5.88 Å². The zero-order chi connectivity index (χ0) is 10.3. The predicted molar refractivity (Wildman–Crippen MR) is 55.6 cm³/mol. The Morgan fingerprint density at radius 2 is 2.07 bits per heavy atom. The van der Waals surface area contributed by atoms with Gasteiger partial charge in [-0.2, -0.15) is 0 Å². The molecule has 2 aromatic rings. The molecule has 0 aromatic carbocycles. The number of ether oxygens (including phenoxy) is 1. The Balaban J connectivity index is 2.85. The molecule has 2 aromatic heterocycles. The fourth-order valence-corrected chi connectivity index (χ4v) is 1.48. The number of rotatable bonds is 1. The number of hydrogen-bond donors (Lipinski definition) is 1. The Hall–Kier alpha value is -1.71. The van der Waals surface area contributed by atoms with Crippen molar-refractivity contribution < 1.29 is 4.74 Å². The average molecular weight is 191 g/mol. The predicted octanol–water partition coefficient (Wildman–Crippen LogP) is 1.54. The topological polar surface area (TPSA) is 52.5 Å². The van der Waals surface area contributed by atoms with Crippen molar-refractivity contribution in [2.45, 2.75) is 13.8 Å². The summed E-state index contributed by atoms with van der Waals surface area (Å²) in [5, 5.41) is 4.26. The zero-order valence-corrected chi connectivity index (χ0v) is 8.53. The summed E-state index contributed by atoms with van der Waals surface area (Å²) in [5.74, 6) is 0.485. The third-order valence-corrected chi connectivity index (χ3v) is 2.50. The molecule has 0 spiro atoms. The van der Waals surface area contributed by atoms with E-state index in [-0.39, 0.29) is 0 Å². The minimum Gasteiger partial charge on any atom is -0.478 e. The normalized spacial score (nSPS) is 10.8. The van der Waals surface area contributed by atoms with E-state index in [4.69, 9.17) is 10.5 Å². The van der Waals surface area contributed by atoms with Crippen molar-refractivity contribution in [3.63, 3.8) is 0 Å². The van der Waals surface area contributed by atoms with Crippen LogP contribution in [-0.2, 0) is 0 Å². The lowest BCUT2D eigenvalue weighted by atomic mass is 10.2. The molecule has 4 heteroatoms. The highest BCUT2D eigenvalue weighted by atomic mass is 16.5. The van der Waals surface area contributed by atoms with Crippen LogP contribution in [0, 0.1) is 13.8 Å². The van der Waals surface area contributed by atoms with Gasteiger partial charge in [0.05, 0.1) is 12.6 Å². The summed E-state index contributed by atoms with van der Waals surface area (Å²) in [6, 6.07) is 3.98. The van der Waals surface area contributed by atoms with Crippen molar-refractivity contribution >= 4 is 11.2 Å². The molecule has 0 radical (unpaired) electrons. The van der Waals surface area contributed by atoms with E-state index in [9.17, 15) is 0 Å². The first kappa shape index (κ1) is 8.87. The first-order chi connectivity index (χ1) is 6.65. The van der Waals surface area contributed by atoms with Gasteiger partial charge in [0.25, 0.3) is 5.88 Å². The van der Waals surface area contributed by atoms with E-state index in [0.717, 1.165) is 11.2 Å². The molecule has 0 bridgehead atoms. The lowest BCUT2D eigenvalue weighted by Gasteiger charge is -2.01. The van der Waals surface area contributed by atoms with E-state index < -0.39 is 0 Å². The maximum atomic E-state index is 5.86. The zero-order valence-electron chi connectivity index (χ0n) is 8.53. The quantitative estimate of drug-likeness (QED) is 0.743. The fraction of sp³-hybridized carbons (Fsp3) is 0.300. The summed E-state index contributed by atoms with van der Waals surface area (Å²) >= 11 is 0. The number of methoxy groups -OCH3 is 1. The first-order valence-electron chi connectivity index (χ1n) is 4.43. The average Bonchev–Trinajstić information content (AvgIpc) is 2.50. The summed E-state index contributed by atoms with van der Waals surface area (Å²) in [5.41, 5.74) is 9.61. The van der Waals surface area contributed by atoms with Crippen LogP contribution >= 0.6 is 0 Å². The molecule has 0 aliphatic carbocycles. The molecule has 0 atom stereocenters. The summed E-state index contributed by atoms with van der Waals surface area (Å²) in [7, 11) is 1.57. The van der Waals surface area contributed by atoms with Crippen LogP contribution in [0.1, 0.15) is 11.3 Å². The molecule has 14 heavy (non-hydrogen) atoms. The number of nitrogen functional groups attached to an aromatic ring is 1. The Morgan fingerprint density at radius 1 is 1.36 bits per heavy atom. The van der Waals surface area contributed by atoms with Gasteiger partial charge in [-0.1, -0.05) is 6.07 Å². The second kappa shape index (κ2) is 2.90. The standard InChI is InChI=1S/C10H13N3O/c1-6-4-5-8-9(11)10(14-3)12-13(8)7(6)2/h4-5H,11H2,1-3H3. The SMILES string of the molecule is COc1nn2c(C)c(C)ccc2c1N. The first-order valence-corrected chi connectivity index (χ1v) is 4.43. The van der Waals surface area contributed by atoms with Crippen molar-refractivity contribution in [1.82, 2.24) is 9.61 Å². The van der Waals surface area contributed by atoms with Gasteiger partial charge in [0.2, 0.25) is 0 Å². The fourth-order valence-electron chi connectivity index (χ4n) is 1.48. The minimum atomic E-state index is 0.485. The minimum absolute atomic E-state index is 0.485. The van der Waals surface area contributed by atoms with Crippen molar-refractivity contribution in [2.24, 2.45) is 0 Å². The highest BCUT2D eigenvalue weighted by molar-refractivity contribution is 5.75. The highest BCUT2D eigenvalue weighted by Crippen LogP contribution is 2.26. The van der Waals surface area contributed by atoms with Crippen LogP contribution in [-0.4, -0.2) is 16.7 Å². The molecule has 2 rings (SSSR count). The molecular formula is C10H13N3O. The Labute approximate surface area is 82.3 Å². The molecule has 0 unspecified atom stereocenters. The number of anilines is 1. The van der Waals surface area contributed by atoms with Gasteiger partial charge < -0.3 is 10.5 Å². The number of aromatic nitrogens is 2. The molecule has 0 aliphatic rings. The number of fused-ring (bicyclic) bond motifs is 1.